The molecule has 4 nitrogen and oxygen atoms in total. The third-order valence-corrected chi connectivity index (χ3v) is 3.08. The molecule has 0 radical (unpaired) electrons. The lowest BCUT2D eigenvalue weighted by atomic mass is 10.2. The SMILES string of the molecule is CC1C[NH+](c2ccc3ocnc3c2)CCO1. The van der Waals surface area contributed by atoms with E-state index in [1.54, 1.807) is 0 Å². The summed E-state index contributed by atoms with van der Waals surface area (Å²) in [5, 5.41) is 0. The molecule has 0 spiro atoms. The maximum Gasteiger partial charge on any atom is 0.181 e. The van der Waals surface area contributed by atoms with Gasteiger partial charge in [0.1, 0.15) is 30.4 Å². The molecule has 4 heteroatoms. The molecule has 1 N–H and O–H groups in total. The van der Waals surface area contributed by atoms with Gasteiger partial charge in [0, 0.05) is 12.1 Å². The van der Waals surface area contributed by atoms with Crippen molar-refractivity contribution in [3.05, 3.63) is 24.6 Å². The van der Waals surface area contributed by atoms with Crippen molar-refractivity contribution < 1.29 is 14.1 Å². The zero-order chi connectivity index (χ0) is 11.0. The molecule has 3 rings (SSSR count). The second-order valence-electron chi connectivity index (χ2n) is 4.27. The van der Waals surface area contributed by atoms with Crippen LogP contribution in [-0.2, 0) is 4.74 Å². The number of ether oxygens (including phenoxy) is 1. The number of aromatic nitrogens is 1. The van der Waals surface area contributed by atoms with Gasteiger partial charge >= 0.3 is 0 Å². The highest BCUT2D eigenvalue weighted by Gasteiger charge is 2.22. The lowest BCUT2D eigenvalue weighted by molar-refractivity contribution is -0.846. The smallest absolute Gasteiger partial charge is 0.181 e. The van der Waals surface area contributed by atoms with Gasteiger partial charge in [-0.3, -0.25) is 4.90 Å². The molecule has 16 heavy (non-hydrogen) atoms. The molecule has 0 aliphatic carbocycles. The minimum Gasteiger partial charge on any atom is -0.443 e. The first-order valence-electron chi connectivity index (χ1n) is 5.63. The van der Waals surface area contributed by atoms with Crippen molar-refractivity contribution in [3.8, 4) is 0 Å². The normalized spacial score (nSPS) is 26.1. The van der Waals surface area contributed by atoms with Crippen LogP contribution in [0.5, 0.6) is 0 Å². The lowest BCUT2D eigenvalue weighted by Gasteiger charge is -2.27. The fourth-order valence-electron chi connectivity index (χ4n) is 2.23. The summed E-state index contributed by atoms with van der Waals surface area (Å²) < 4.78 is 10.8. The van der Waals surface area contributed by atoms with Crippen molar-refractivity contribution >= 4 is 16.8 Å². The van der Waals surface area contributed by atoms with Crippen molar-refractivity contribution in [2.24, 2.45) is 0 Å². The Hall–Kier alpha value is -1.39. The highest BCUT2D eigenvalue weighted by atomic mass is 16.5. The Morgan fingerprint density at radius 3 is 3.25 bits per heavy atom. The lowest BCUT2D eigenvalue weighted by Crippen LogP contribution is -3.10. The molecule has 2 heterocycles. The van der Waals surface area contributed by atoms with E-state index in [2.05, 4.69) is 24.0 Å². The van der Waals surface area contributed by atoms with Gasteiger partial charge < -0.3 is 9.15 Å². The Morgan fingerprint density at radius 1 is 1.44 bits per heavy atom. The molecule has 2 unspecified atom stereocenters. The number of benzene rings is 1. The van der Waals surface area contributed by atoms with Crippen LogP contribution < -0.4 is 4.90 Å². The Labute approximate surface area is 93.8 Å². The highest BCUT2D eigenvalue weighted by molar-refractivity contribution is 5.74. The molecule has 1 fully saturated rings. The summed E-state index contributed by atoms with van der Waals surface area (Å²) in [6.07, 6.45) is 1.82. The van der Waals surface area contributed by atoms with Gasteiger partial charge in [-0.1, -0.05) is 0 Å². The molecular formula is C12H15N2O2+. The van der Waals surface area contributed by atoms with E-state index in [0.29, 0.717) is 6.10 Å². The third kappa shape index (κ3) is 1.70. The van der Waals surface area contributed by atoms with Gasteiger partial charge in [-0.2, -0.15) is 0 Å². The van der Waals surface area contributed by atoms with Crippen LogP contribution in [0.2, 0.25) is 0 Å². The first-order chi connectivity index (χ1) is 7.83. The molecular weight excluding hydrogens is 204 g/mol. The molecule has 1 saturated heterocycles. The number of oxazole rings is 1. The molecule has 1 aliphatic heterocycles. The van der Waals surface area contributed by atoms with Gasteiger partial charge in [-0.25, -0.2) is 4.98 Å². The van der Waals surface area contributed by atoms with Crippen molar-refractivity contribution in [2.75, 3.05) is 19.7 Å². The maximum absolute atomic E-state index is 5.55. The second kappa shape index (κ2) is 3.88. The van der Waals surface area contributed by atoms with Crippen molar-refractivity contribution in [1.82, 2.24) is 4.98 Å². The van der Waals surface area contributed by atoms with Gasteiger partial charge in [0.15, 0.2) is 12.0 Å². The molecule has 2 aromatic rings. The van der Waals surface area contributed by atoms with Crippen LogP contribution in [0.4, 0.5) is 5.69 Å². The summed E-state index contributed by atoms with van der Waals surface area (Å²) in [6, 6.07) is 6.21. The van der Waals surface area contributed by atoms with Gasteiger partial charge in [0.25, 0.3) is 0 Å². The van der Waals surface area contributed by atoms with E-state index < -0.39 is 0 Å². The topological polar surface area (TPSA) is 39.7 Å². The molecule has 1 aromatic carbocycles. The highest BCUT2D eigenvalue weighted by Crippen LogP contribution is 2.15. The number of nitrogens with zero attached hydrogens (tertiary/aromatic N) is 1. The summed E-state index contributed by atoms with van der Waals surface area (Å²) in [6.45, 7) is 4.98. The Bertz CT molecular complexity index is 494. The minimum atomic E-state index is 0.330. The fourth-order valence-corrected chi connectivity index (χ4v) is 2.23. The van der Waals surface area contributed by atoms with E-state index in [1.807, 2.05) is 6.07 Å². The molecule has 0 saturated carbocycles. The van der Waals surface area contributed by atoms with Crippen LogP contribution in [0.15, 0.2) is 29.0 Å². The molecule has 0 bridgehead atoms. The zero-order valence-corrected chi connectivity index (χ0v) is 9.27. The first kappa shape index (κ1) is 9.81. The van der Waals surface area contributed by atoms with Gasteiger partial charge in [-0.05, 0) is 13.0 Å². The summed E-state index contributed by atoms with van der Waals surface area (Å²) >= 11 is 0. The quantitative estimate of drug-likeness (QED) is 0.770. The number of rotatable bonds is 1. The Kier molecular flexibility index (Phi) is 2.38. The molecule has 1 aromatic heterocycles. The summed E-state index contributed by atoms with van der Waals surface area (Å²) in [7, 11) is 0. The zero-order valence-electron chi connectivity index (χ0n) is 9.27. The van der Waals surface area contributed by atoms with Crippen molar-refractivity contribution in [1.29, 1.82) is 0 Å². The van der Waals surface area contributed by atoms with E-state index >= 15 is 0 Å². The summed E-state index contributed by atoms with van der Waals surface area (Å²) in [5.41, 5.74) is 3.06. The maximum atomic E-state index is 5.55. The number of fused-ring (bicyclic) bond motifs is 1. The summed E-state index contributed by atoms with van der Waals surface area (Å²) in [5.74, 6) is 0. The third-order valence-electron chi connectivity index (χ3n) is 3.08. The van der Waals surface area contributed by atoms with Gasteiger partial charge in [0.2, 0.25) is 0 Å². The average molecular weight is 219 g/mol. The van der Waals surface area contributed by atoms with Gasteiger partial charge in [0.05, 0.1) is 6.61 Å². The molecule has 1 aliphatic rings. The second-order valence-corrected chi connectivity index (χ2v) is 4.27. The molecule has 84 valence electrons. The van der Waals surface area contributed by atoms with Gasteiger partial charge in [-0.15, -0.1) is 0 Å². The molecule has 0 amide bonds. The van der Waals surface area contributed by atoms with E-state index in [-0.39, 0.29) is 0 Å². The summed E-state index contributed by atoms with van der Waals surface area (Å²) in [4.78, 5) is 5.64. The van der Waals surface area contributed by atoms with E-state index in [9.17, 15) is 0 Å². The Morgan fingerprint density at radius 2 is 2.38 bits per heavy atom. The number of hydrogen-bond donors (Lipinski definition) is 1. The first-order valence-corrected chi connectivity index (χ1v) is 5.63. The standard InChI is InChI=1S/C12H14N2O2/c1-9-7-14(4-5-15-9)10-2-3-12-11(6-10)13-8-16-12/h2-3,6,8-9H,4-5,7H2,1H3/p+1. The van der Waals surface area contributed by atoms with Crippen LogP contribution in [0.3, 0.4) is 0 Å². The number of hydrogen-bond acceptors (Lipinski definition) is 3. The predicted molar refractivity (Wildman–Crippen MR) is 59.8 cm³/mol. The van der Waals surface area contributed by atoms with Crippen LogP contribution in [-0.4, -0.2) is 30.8 Å². The van der Waals surface area contributed by atoms with E-state index in [4.69, 9.17) is 9.15 Å². The monoisotopic (exact) mass is 219 g/mol. The fraction of sp³-hybridized carbons (Fsp3) is 0.417. The largest absolute Gasteiger partial charge is 0.443 e. The minimum absolute atomic E-state index is 0.330. The average Bonchev–Trinajstić information content (AvgIpc) is 2.75. The number of nitrogens with one attached hydrogen (secondary N) is 1. The predicted octanol–water partition coefficient (Wildman–Crippen LogP) is 0.763. The van der Waals surface area contributed by atoms with Crippen LogP contribution in [0.1, 0.15) is 6.92 Å². The van der Waals surface area contributed by atoms with Crippen LogP contribution in [0.25, 0.3) is 11.1 Å². The van der Waals surface area contributed by atoms with Crippen LogP contribution in [0, 0.1) is 0 Å². The van der Waals surface area contributed by atoms with E-state index in [1.165, 1.54) is 17.0 Å². The Balaban J connectivity index is 1.92. The van der Waals surface area contributed by atoms with Crippen molar-refractivity contribution in [3.63, 3.8) is 0 Å². The van der Waals surface area contributed by atoms with Crippen LogP contribution >= 0.6 is 0 Å². The number of quaternary nitrogens is 1. The van der Waals surface area contributed by atoms with Crippen molar-refractivity contribution in [2.45, 2.75) is 13.0 Å². The number of morpholine rings is 1. The van der Waals surface area contributed by atoms with E-state index in [0.717, 1.165) is 30.8 Å². The molecule has 2 atom stereocenters.